The minimum Gasteiger partial charge on any atom is -0.495 e. The Morgan fingerprint density at radius 1 is 1.12 bits per heavy atom. The van der Waals surface area contributed by atoms with Gasteiger partial charge in [0.1, 0.15) is 5.75 Å². The molecule has 2 aromatic carbocycles. The van der Waals surface area contributed by atoms with Crippen LogP contribution in [0, 0.1) is 12.8 Å². The fourth-order valence-corrected chi connectivity index (χ4v) is 3.26. The van der Waals surface area contributed by atoms with E-state index in [0.717, 1.165) is 11.1 Å². The van der Waals surface area contributed by atoms with E-state index >= 15 is 0 Å². The lowest BCUT2D eigenvalue weighted by Gasteiger charge is -2.21. The van der Waals surface area contributed by atoms with E-state index in [1.54, 1.807) is 13.2 Å². The molecule has 0 saturated carbocycles. The van der Waals surface area contributed by atoms with Crippen LogP contribution in [0.2, 0.25) is 0 Å². The van der Waals surface area contributed by atoms with Gasteiger partial charge < -0.3 is 4.74 Å². The predicted octanol–water partition coefficient (Wildman–Crippen LogP) is 3.69. The zero-order chi connectivity index (χ0) is 17.3. The van der Waals surface area contributed by atoms with Crippen LogP contribution in [0.25, 0.3) is 0 Å². The molecule has 2 amide bonds. The number of carbonyl (C=O) groups excluding carboxylic acids is 2. The van der Waals surface area contributed by atoms with Crippen molar-refractivity contribution in [3.05, 3.63) is 59.7 Å². The summed E-state index contributed by atoms with van der Waals surface area (Å²) in [4.78, 5) is 26.7. The van der Waals surface area contributed by atoms with Gasteiger partial charge in [-0.1, -0.05) is 43.3 Å². The van der Waals surface area contributed by atoms with E-state index < -0.39 is 0 Å². The standard InChI is InChI=1S/C20H21NO3/c1-13-9-10-17(18(11-13)24-3)21-19(22)12-16(20(21)23)14(2)15-7-5-4-6-8-15/h4-11,14,16H,12H2,1-3H3. The van der Waals surface area contributed by atoms with E-state index in [9.17, 15) is 9.59 Å². The second-order valence-corrected chi connectivity index (χ2v) is 6.25. The normalized spacial score (nSPS) is 18.8. The van der Waals surface area contributed by atoms with Crippen molar-refractivity contribution in [2.45, 2.75) is 26.2 Å². The molecule has 24 heavy (non-hydrogen) atoms. The molecule has 0 aromatic heterocycles. The summed E-state index contributed by atoms with van der Waals surface area (Å²) in [7, 11) is 1.55. The van der Waals surface area contributed by atoms with Gasteiger partial charge in [-0.25, -0.2) is 4.90 Å². The summed E-state index contributed by atoms with van der Waals surface area (Å²) in [6.07, 6.45) is 0.228. The highest BCUT2D eigenvalue weighted by atomic mass is 16.5. The molecular weight excluding hydrogens is 302 g/mol. The van der Waals surface area contributed by atoms with Crippen molar-refractivity contribution in [1.82, 2.24) is 0 Å². The van der Waals surface area contributed by atoms with Crippen LogP contribution in [-0.2, 0) is 9.59 Å². The first-order valence-corrected chi connectivity index (χ1v) is 8.09. The number of rotatable bonds is 4. The molecule has 0 bridgehead atoms. The third kappa shape index (κ3) is 2.80. The molecule has 3 rings (SSSR count). The number of imide groups is 1. The first kappa shape index (κ1) is 16.2. The summed E-state index contributed by atoms with van der Waals surface area (Å²) in [6, 6.07) is 15.3. The first-order valence-electron chi connectivity index (χ1n) is 8.09. The number of methoxy groups -OCH3 is 1. The average molecular weight is 323 g/mol. The molecule has 4 heteroatoms. The number of nitrogens with zero attached hydrogens (tertiary/aromatic N) is 1. The van der Waals surface area contributed by atoms with Crippen molar-refractivity contribution in [1.29, 1.82) is 0 Å². The van der Waals surface area contributed by atoms with Gasteiger partial charge in [-0.3, -0.25) is 9.59 Å². The van der Waals surface area contributed by atoms with Crippen LogP contribution in [0.5, 0.6) is 5.75 Å². The topological polar surface area (TPSA) is 46.6 Å². The average Bonchev–Trinajstić information content (AvgIpc) is 2.89. The highest BCUT2D eigenvalue weighted by molar-refractivity contribution is 6.21. The predicted molar refractivity (Wildman–Crippen MR) is 93.2 cm³/mol. The molecule has 0 aliphatic carbocycles. The summed E-state index contributed by atoms with van der Waals surface area (Å²) >= 11 is 0. The Morgan fingerprint density at radius 2 is 1.83 bits per heavy atom. The van der Waals surface area contributed by atoms with Gasteiger partial charge in [0, 0.05) is 6.42 Å². The van der Waals surface area contributed by atoms with Gasteiger partial charge in [0.05, 0.1) is 18.7 Å². The highest BCUT2D eigenvalue weighted by Gasteiger charge is 2.43. The van der Waals surface area contributed by atoms with Gasteiger partial charge in [0.2, 0.25) is 11.8 Å². The highest BCUT2D eigenvalue weighted by Crippen LogP contribution is 2.39. The summed E-state index contributed by atoms with van der Waals surface area (Å²) in [5.74, 6) is -0.131. The lowest BCUT2D eigenvalue weighted by Crippen LogP contribution is -2.31. The van der Waals surface area contributed by atoms with Crippen molar-refractivity contribution in [3.63, 3.8) is 0 Å². The van der Waals surface area contributed by atoms with E-state index in [2.05, 4.69) is 0 Å². The second kappa shape index (κ2) is 6.48. The van der Waals surface area contributed by atoms with Crippen LogP contribution in [0.3, 0.4) is 0 Å². The number of hydrogen-bond donors (Lipinski definition) is 0. The van der Waals surface area contributed by atoms with E-state index in [0.29, 0.717) is 11.4 Å². The third-order valence-electron chi connectivity index (χ3n) is 4.69. The molecule has 0 spiro atoms. The molecule has 124 valence electrons. The van der Waals surface area contributed by atoms with E-state index in [-0.39, 0.29) is 30.1 Å². The Balaban J connectivity index is 1.93. The maximum Gasteiger partial charge on any atom is 0.238 e. The largest absolute Gasteiger partial charge is 0.495 e. The van der Waals surface area contributed by atoms with Crippen molar-refractivity contribution < 1.29 is 14.3 Å². The molecule has 1 saturated heterocycles. The van der Waals surface area contributed by atoms with Crippen LogP contribution in [-0.4, -0.2) is 18.9 Å². The number of benzene rings is 2. The zero-order valence-corrected chi connectivity index (χ0v) is 14.2. The monoisotopic (exact) mass is 323 g/mol. The van der Waals surface area contributed by atoms with Gasteiger partial charge in [-0.15, -0.1) is 0 Å². The second-order valence-electron chi connectivity index (χ2n) is 6.25. The fourth-order valence-electron chi connectivity index (χ4n) is 3.26. The summed E-state index contributed by atoms with van der Waals surface area (Å²) in [6.45, 7) is 3.95. The minimum absolute atomic E-state index is 0.0101. The minimum atomic E-state index is -0.342. The van der Waals surface area contributed by atoms with Crippen LogP contribution in [0.4, 0.5) is 5.69 Å². The van der Waals surface area contributed by atoms with Gasteiger partial charge in [0.25, 0.3) is 0 Å². The molecular formula is C20H21NO3. The third-order valence-corrected chi connectivity index (χ3v) is 4.69. The lowest BCUT2D eigenvalue weighted by atomic mass is 9.86. The number of carbonyl (C=O) groups is 2. The molecule has 1 aliphatic rings. The molecule has 1 aliphatic heterocycles. The van der Waals surface area contributed by atoms with Crippen molar-refractivity contribution >= 4 is 17.5 Å². The van der Waals surface area contributed by atoms with E-state index in [1.807, 2.05) is 56.3 Å². The Kier molecular flexibility index (Phi) is 4.38. The SMILES string of the molecule is COc1cc(C)ccc1N1C(=O)CC(C(C)c2ccccc2)C1=O. The molecule has 0 radical (unpaired) electrons. The Morgan fingerprint density at radius 3 is 2.50 bits per heavy atom. The zero-order valence-electron chi connectivity index (χ0n) is 14.2. The first-order chi connectivity index (χ1) is 11.5. The Hall–Kier alpha value is -2.62. The van der Waals surface area contributed by atoms with E-state index in [4.69, 9.17) is 4.74 Å². The smallest absolute Gasteiger partial charge is 0.238 e. The van der Waals surface area contributed by atoms with Crippen LogP contribution >= 0.6 is 0 Å². The van der Waals surface area contributed by atoms with Crippen LogP contribution in [0.15, 0.2) is 48.5 Å². The lowest BCUT2D eigenvalue weighted by molar-refractivity contribution is -0.122. The summed E-state index contributed by atoms with van der Waals surface area (Å²) in [5.41, 5.74) is 2.62. The van der Waals surface area contributed by atoms with Gasteiger partial charge in [-0.2, -0.15) is 0 Å². The molecule has 4 nitrogen and oxygen atoms in total. The maximum atomic E-state index is 12.9. The fraction of sp³-hybridized carbons (Fsp3) is 0.300. The molecule has 1 heterocycles. The van der Waals surface area contributed by atoms with Gasteiger partial charge >= 0.3 is 0 Å². The van der Waals surface area contributed by atoms with Crippen LogP contribution in [0.1, 0.15) is 30.4 Å². The number of aryl methyl sites for hydroxylation is 1. The quantitative estimate of drug-likeness (QED) is 0.806. The molecule has 2 unspecified atom stereocenters. The Bertz CT molecular complexity index is 770. The molecule has 0 N–H and O–H groups in total. The maximum absolute atomic E-state index is 12.9. The molecule has 2 atom stereocenters. The number of amides is 2. The van der Waals surface area contributed by atoms with Gasteiger partial charge in [-0.05, 0) is 36.1 Å². The van der Waals surface area contributed by atoms with Crippen molar-refractivity contribution in [2.75, 3.05) is 12.0 Å². The van der Waals surface area contributed by atoms with Gasteiger partial charge in [0.15, 0.2) is 0 Å². The summed E-state index contributed by atoms with van der Waals surface area (Å²) in [5, 5.41) is 0. The number of hydrogen-bond acceptors (Lipinski definition) is 3. The van der Waals surface area contributed by atoms with Crippen molar-refractivity contribution in [2.24, 2.45) is 5.92 Å². The number of anilines is 1. The Labute approximate surface area is 142 Å². The van der Waals surface area contributed by atoms with Crippen LogP contribution < -0.4 is 9.64 Å². The molecule has 1 fully saturated rings. The summed E-state index contributed by atoms with van der Waals surface area (Å²) < 4.78 is 5.37. The molecule has 2 aromatic rings. The van der Waals surface area contributed by atoms with Crippen molar-refractivity contribution in [3.8, 4) is 5.75 Å². The van der Waals surface area contributed by atoms with E-state index in [1.165, 1.54) is 4.90 Å². The number of ether oxygens (including phenoxy) is 1.